The van der Waals surface area contributed by atoms with Gasteiger partial charge in [0.05, 0.1) is 0 Å². The van der Waals surface area contributed by atoms with Crippen molar-refractivity contribution in [1.82, 2.24) is 15.1 Å². The number of carbonyl (C=O) groups excluding carboxylic acids is 1. The molecular formula is C9H18FN3O. The number of alkyl halides is 1. The second kappa shape index (κ2) is 5.26. The molecule has 1 unspecified atom stereocenters. The maximum atomic E-state index is 12.2. The maximum Gasteiger partial charge on any atom is 0.240 e. The largest absolute Gasteiger partial charge is 0.347 e. The summed E-state index contributed by atoms with van der Waals surface area (Å²) in [6.45, 7) is 2.16. The number of piperazine rings is 1. The van der Waals surface area contributed by atoms with Gasteiger partial charge in [0.1, 0.15) is 12.7 Å². The van der Waals surface area contributed by atoms with E-state index in [9.17, 15) is 9.18 Å². The van der Waals surface area contributed by atoms with Gasteiger partial charge in [-0.1, -0.05) is 0 Å². The number of hydrogen-bond donors (Lipinski definition) is 1. The van der Waals surface area contributed by atoms with Gasteiger partial charge in [0.2, 0.25) is 5.91 Å². The van der Waals surface area contributed by atoms with E-state index >= 15 is 0 Å². The van der Waals surface area contributed by atoms with E-state index in [1.807, 2.05) is 4.90 Å². The summed E-state index contributed by atoms with van der Waals surface area (Å²) in [6.07, 6.45) is 0. The smallest absolute Gasteiger partial charge is 0.240 e. The minimum Gasteiger partial charge on any atom is -0.347 e. The maximum absolute atomic E-state index is 12.2. The summed E-state index contributed by atoms with van der Waals surface area (Å²) in [7, 11) is 3.45. The molecule has 1 fully saturated rings. The Morgan fingerprint density at radius 1 is 1.64 bits per heavy atom. The molecule has 5 heteroatoms. The number of rotatable bonds is 3. The molecule has 4 nitrogen and oxygen atoms in total. The van der Waals surface area contributed by atoms with Crippen LogP contribution in [0.4, 0.5) is 4.39 Å². The molecule has 1 aliphatic heterocycles. The molecule has 82 valence electrons. The third-order valence-corrected chi connectivity index (χ3v) is 2.45. The van der Waals surface area contributed by atoms with E-state index in [1.165, 1.54) is 0 Å². The van der Waals surface area contributed by atoms with Crippen molar-refractivity contribution in [3.8, 4) is 0 Å². The van der Waals surface area contributed by atoms with Gasteiger partial charge in [0.25, 0.3) is 0 Å². The summed E-state index contributed by atoms with van der Waals surface area (Å²) in [5, 5.41) is 3.15. The zero-order valence-electron chi connectivity index (χ0n) is 8.79. The molecule has 0 aromatic rings. The predicted molar refractivity (Wildman–Crippen MR) is 52.9 cm³/mol. The molecule has 0 radical (unpaired) electrons. The minimum absolute atomic E-state index is 0.0469. The van der Waals surface area contributed by atoms with E-state index in [0.29, 0.717) is 13.1 Å². The number of nitrogens with one attached hydrogen (secondary N) is 1. The van der Waals surface area contributed by atoms with Crippen LogP contribution >= 0.6 is 0 Å². The molecule has 0 bridgehead atoms. The number of hydrogen-bond acceptors (Lipinski definition) is 3. The molecule has 1 heterocycles. The van der Waals surface area contributed by atoms with E-state index in [4.69, 9.17) is 0 Å². The van der Waals surface area contributed by atoms with Crippen molar-refractivity contribution >= 4 is 5.91 Å². The van der Waals surface area contributed by atoms with Crippen LogP contribution in [0.5, 0.6) is 0 Å². The quantitative estimate of drug-likeness (QED) is 0.660. The third kappa shape index (κ3) is 2.65. The third-order valence-electron chi connectivity index (χ3n) is 2.45. The van der Waals surface area contributed by atoms with Gasteiger partial charge in [-0.3, -0.25) is 9.69 Å². The molecule has 0 aromatic heterocycles. The highest BCUT2D eigenvalue weighted by Crippen LogP contribution is 2.05. The Kier molecular flexibility index (Phi) is 4.28. The first kappa shape index (κ1) is 11.4. The molecule has 1 saturated heterocycles. The summed E-state index contributed by atoms with van der Waals surface area (Å²) in [4.78, 5) is 15.2. The van der Waals surface area contributed by atoms with Gasteiger partial charge in [-0.15, -0.1) is 0 Å². The molecule has 14 heavy (non-hydrogen) atoms. The van der Waals surface area contributed by atoms with Crippen LogP contribution in [-0.2, 0) is 4.79 Å². The van der Waals surface area contributed by atoms with Gasteiger partial charge in [-0.25, -0.2) is 4.39 Å². The SMILES string of the molecule is CN(C)C(=O)C1CNCCN1CCF. The van der Waals surface area contributed by atoms with Crippen molar-refractivity contribution in [1.29, 1.82) is 0 Å². The van der Waals surface area contributed by atoms with E-state index < -0.39 is 6.67 Å². The Morgan fingerprint density at radius 2 is 2.36 bits per heavy atom. The molecule has 0 aromatic carbocycles. The predicted octanol–water partition coefficient (Wildman–Crippen LogP) is -0.682. The summed E-state index contributed by atoms with van der Waals surface area (Å²) < 4.78 is 12.2. The lowest BCUT2D eigenvalue weighted by molar-refractivity contribution is -0.135. The summed E-state index contributed by atoms with van der Waals surface area (Å²) in [6, 6.07) is -0.200. The van der Waals surface area contributed by atoms with Crippen molar-refractivity contribution < 1.29 is 9.18 Å². The highest BCUT2D eigenvalue weighted by Gasteiger charge is 2.28. The molecule has 1 atom stereocenters. The van der Waals surface area contributed by atoms with Crippen molar-refractivity contribution in [3.05, 3.63) is 0 Å². The molecule has 1 amide bonds. The molecular weight excluding hydrogens is 185 g/mol. The number of likely N-dealkylation sites (N-methyl/N-ethyl adjacent to an activating group) is 1. The zero-order chi connectivity index (χ0) is 10.6. The molecule has 0 aliphatic carbocycles. The van der Waals surface area contributed by atoms with Crippen LogP contribution in [0.2, 0.25) is 0 Å². The van der Waals surface area contributed by atoms with Gasteiger partial charge in [-0.2, -0.15) is 0 Å². The van der Waals surface area contributed by atoms with E-state index in [2.05, 4.69) is 5.32 Å². The summed E-state index contributed by atoms with van der Waals surface area (Å²) >= 11 is 0. The Balaban J connectivity index is 2.57. The fourth-order valence-electron chi connectivity index (χ4n) is 1.66. The van der Waals surface area contributed by atoms with Crippen molar-refractivity contribution in [2.45, 2.75) is 6.04 Å². The topological polar surface area (TPSA) is 35.6 Å². The van der Waals surface area contributed by atoms with Gasteiger partial charge < -0.3 is 10.2 Å². The van der Waals surface area contributed by atoms with Crippen LogP contribution < -0.4 is 5.32 Å². The second-order valence-corrected chi connectivity index (χ2v) is 3.68. The number of carbonyl (C=O) groups is 1. The van der Waals surface area contributed by atoms with E-state index in [-0.39, 0.29) is 11.9 Å². The molecule has 1 rings (SSSR count). The fourth-order valence-corrected chi connectivity index (χ4v) is 1.66. The first-order valence-corrected chi connectivity index (χ1v) is 4.88. The molecule has 0 spiro atoms. The van der Waals surface area contributed by atoms with Crippen LogP contribution in [0.15, 0.2) is 0 Å². The Bertz CT molecular complexity index is 196. The van der Waals surface area contributed by atoms with E-state index in [1.54, 1.807) is 19.0 Å². The lowest BCUT2D eigenvalue weighted by Gasteiger charge is -2.35. The van der Waals surface area contributed by atoms with Gasteiger partial charge in [-0.05, 0) is 0 Å². The van der Waals surface area contributed by atoms with Crippen molar-refractivity contribution in [3.63, 3.8) is 0 Å². The lowest BCUT2D eigenvalue weighted by Crippen LogP contribution is -2.57. The van der Waals surface area contributed by atoms with Crippen LogP contribution in [0, 0.1) is 0 Å². The molecule has 0 saturated carbocycles. The van der Waals surface area contributed by atoms with Crippen LogP contribution in [0.1, 0.15) is 0 Å². The van der Waals surface area contributed by atoms with Gasteiger partial charge in [0.15, 0.2) is 0 Å². The highest BCUT2D eigenvalue weighted by molar-refractivity contribution is 5.81. The lowest BCUT2D eigenvalue weighted by atomic mass is 10.1. The minimum atomic E-state index is -0.392. The molecule has 1 N–H and O–H groups in total. The van der Waals surface area contributed by atoms with Crippen molar-refractivity contribution in [2.75, 3.05) is 46.9 Å². The average molecular weight is 203 g/mol. The van der Waals surface area contributed by atoms with Crippen LogP contribution in [0.3, 0.4) is 0 Å². The summed E-state index contributed by atoms with van der Waals surface area (Å²) in [5.41, 5.74) is 0. The monoisotopic (exact) mass is 203 g/mol. The highest BCUT2D eigenvalue weighted by atomic mass is 19.1. The van der Waals surface area contributed by atoms with Gasteiger partial charge in [0, 0.05) is 40.3 Å². The van der Waals surface area contributed by atoms with Gasteiger partial charge >= 0.3 is 0 Å². The number of amides is 1. The number of halogens is 1. The van der Waals surface area contributed by atoms with E-state index in [0.717, 1.165) is 13.1 Å². The normalized spacial score (nSPS) is 23.5. The Hall–Kier alpha value is -0.680. The van der Waals surface area contributed by atoms with Crippen LogP contribution in [0.25, 0.3) is 0 Å². The van der Waals surface area contributed by atoms with Crippen LogP contribution in [-0.4, -0.2) is 68.7 Å². The first-order chi connectivity index (χ1) is 6.66. The Labute approximate surface area is 84.0 Å². The molecule has 1 aliphatic rings. The standard InChI is InChI=1S/C9H18FN3O/c1-12(2)9(14)8-7-11-4-6-13(8)5-3-10/h8,11H,3-7H2,1-2H3. The second-order valence-electron chi connectivity index (χ2n) is 3.68. The zero-order valence-corrected chi connectivity index (χ0v) is 8.79. The Morgan fingerprint density at radius 3 is 2.93 bits per heavy atom. The summed E-state index contributed by atoms with van der Waals surface area (Å²) in [5.74, 6) is 0.0469. The van der Waals surface area contributed by atoms with Crippen molar-refractivity contribution in [2.24, 2.45) is 0 Å². The average Bonchev–Trinajstić information content (AvgIpc) is 2.18. The first-order valence-electron chi connectivity index (χ1n) is 4.88. The fraction of sp³-hybridized carbons (Fsp3) is 0.889. The number of nitrogens with zero attached hydrogens (tertiary/aromatic N) is 2.